The van der Waals surface area contributed by atoms with Crippen LogP contribution in [-0.4, -0.2) is 9.78 Å². The Bertz CT molecular complexity index is 565. The number of nitrogens with zero attached hydrogens (tertiary/aromatic N) is 2. The monoisotopic (exact) mass is 267 g/mol. The summed E-state index contributed by atoms with van der Waals surface area (Å²) < 4.78 is 15.1. The van der Waals surface area contributed by atoms with Crippen LogP contribution in [0.25, 0.3) is 0 Å². The number of hydrogen-bond donors (Lipinski definition) is 1. The summed E-state index contributed by atoms with van der Waals surface area (Å²) in [5.74, 6) is -0.439. The Morgan fingerprint density at radius 1 is 1.50 bits per heavy atom. The first-order chi connectivity index (χ1) is 8.49. The van der Waals surface area contributed by atoms with Gasteiger partial charge in [0.25, 0.3) is 0 Å². The van der Waals surface area contributed by atoms with E-state index in [9.17, 15) is 4.39 Å². The molecule has 0 fully saturated rings. The van der Waals surface area contributed by atoms with Gasteiger partial charge in [0.15, 0.2) is 0 Å². The lowest BCUT2D eigenvalue weighted by atomic mass is 10.0. The summed E-state index contributed by atoms with van der Waals surface area (Å²) in [6.07, 6.45) is 0.570. The van der Waals surface area contributed by atoms with Crippen molar-refractivity contribution >= 4 is 11.6 Å². The van der Waals surface area contributed by atoms with Crippen molar-refractivity contribution in [2.45, 2.75) is 19.4 Å². The quantitative estimate of drug-likeness (QED) is 0.929. The fourth-order valence-electron chi connectivity index (χ4n) is 2.00. The molecule has 0 radical (unpaired) electrons. The van der Waals surface area contributed by atoms with Gasteiger partial charge in [-0.1, -0.05) is 23.7 Å². The number of hydrogen-bond acceptors (Lipinski definition) is 2. The van der Waals surface area contributed by atoms with Gasteiger partial charge in [0.2, 0.25) is 0 Å². The van der Waals surface area contributed by atoms with E-state index in [1.54, 1.807) is 16.8 Å². The van der Waals surface area contributed by atoms with E-state index in [0.29, 0.717) is 12.0 Å². The lowest BCUT2D eigenvalue weighted by Crippen LogP contribution is -2.16. The second-order valence-electron chi connectivity index (χ2n) is 4.35. The van der Waals surface area contributed by atoms with Gasteiger partial charge in [0, 0.05) is 25.2 Å². The van der Waals surface area contributed by atoms with Crippen molar-refractivity contribution < 1.29 is 4.39 Å². The predicted octanol–water partition coefficient (Wildman–Crippen LogP) is 2.76. The minimum atomic E-state index is -0.439. The Balaban J connectivity index is 2.24. The number of aromatic nitrogens is 2. The zero-order valence-corrected chi connectivity index (χ0v) is 11.1. The van der Waals surface area contributed by atoms with Gasteiger partial charge in [-0.2, -0.15) is 5.10 Å². The summed E-state index contributed by atoms with van der Waals surface area (Å²) in [4.78, 5) is 0. The zero-order valence-electron chi connectivity index (χ0n) is 10.3. The third-order valence-electron chi connectivity index (χ3n) is 2.91. The second kappa shape index (κ2) is 5.08. The van der Waals surface area contributed by atoms with E-state index in [-0.39, 0.29) is 11.1 Å². The first kappa shape index (κ1) is 13.1. The SMILES string of the molecule is Cc1cc(CC(N)c2cccc(F)c2Cl)n(C)n1. The van der Waals surface area contributed by atoms with E-state index in [1.807, 2.05) is 20.0 Å². The molecule has 2 rings (SSSR count). The molecule has 0 saturated carbocycles. The third-order valence-corrected chi connectivity index (χ3v) is 3.31. The minimum absolute atomic E-state index is 0.101. The summed E-state index contributed by atoms with van der Waals surface area (Å²) in [6.45, 7) is 1.92. The number of benzene rings is 1. The maximum absolute atomic E-state index is 13.4. The Kier molecular flexibility index (Phi) is 3.68. The van der Waals surface area contributed by atoms with Gasteiger partial charge in [-0.15, -0.1) is 0 Å². The van der Waals surface area contributed by atoms with E-state index in [2.05, 4.69) is 5.10 Å². The van der Waals surface area contributed by atoms with Crippen LogP contribution in [0, 0.1) is 12.7 Å². The molecule has 1 atom stereocenters. The van der Waals surface area contributed by atoms with Crippen LogP contribution < -0.4 is 5.73 Å². The molecule has 2 aromatic rings. The fraction of sp³-hybridized carbons (Fsp3) is 0.308. The first-order valence-corrected chi connectivity index (χ1v) is 6.06. The Morgan fingerprint density at radius 2 is 2.22 bits per heavy atom. The number of halogens is 2. The highest BCUT2D eigenvalue weighted by Gasteiger charge is 2.15. The number of aryl methyl sites for hydroxylation is 2. The normalized spacial score (nSPS) is 12.7. The summed E-state index contributed by atoms with van der Waals surface area (Å²) in [7, 11) is 1.86. The molecule has 0 aliphatic heterocycles. The molecule has 1 heterocycles. The van der Waals surface area contributed by atoms with Gasteiger partial charge in [0.1, 0.15) is 5.82 Å². The highest BCUT2D eigenvalue weighted by Crippen LogP contribution is 2.26. The molecule has 18 heavy (non-hydrogen) atoms. The van der Waals surface area contributed by atoms with Gasteiger partial charge in [-0.05, 0) is 24.6 Å². The summed E-state index contributed by atoms with van der Waals surface area (Å²) in [5, 5.41) is 4.35. The standard InChI is InChI=1S/C13H15ClFN3/c1-8-6-9(18(2)17-8)7-12(16)10-4-3-5-11(15)13(10)14/h3-6,12H,7,16H2,1-2H3. The van der Waals surface area contributed by atoms with Crippen molar-refractivity contribution in [3.05, 3.63) is 52.1 Å². The molecule has 1 aromatic heterocycles. The molecule has 0 bridgehead atoms. The van der Waals surface area contributed by atoms with Gasteiger partial charge < -0.3 is 5.73 Å². The van der Waals surface area contributed by atoms with Crippen molar-refractivity contribution in [3.63, 3.8) is 0 Å². The van der Waals surface area contributed by atoms with E-state index >= 15 is 0 Å². The van der Waals surface area contributed by atoms with E-state index < -0.39 is 5.82 Å². The van der Waals surface area contributed by atoms with Gasteiger partial charge in [-0.25, -0.2) is 4.39 Å². The Labute approximate surface area is 110 Å². The molecular formula is C13H15ClFN3. The van der Waals surface area contributed by atoms with Gasteiger partial charge in [0.05, 0.1) is 10.7 Å². The molecule has 0 aliphatic rings. The predicted molar refractivity (Wildman–Crippen MR) is 70.0 cm³/mol. The van der Waals surface area contributed by atoms with Crippen molar-refractivity contribution in [2.75, 3.05) is 0 Å². The van der Waals surface area contributed by atoms with Crippen LogP contribution >= 0.6 is 11.6 Å². The summed E-state index contributed by atoms with van der Waals surface area (Å²) >= 11 is 5.92. The average Bonchev–Trinajstić information content (AvgIpc) is 2.61. The lowest BCUT2D eigenvalue weighted by molar-refractivity contribution is 0.610. The largest absolute Gasteiger partial charge is 0.324 e. The van der Waals surface area contributed by atoms with Crippen molar-refractivity contribution in [1.29, 1.82) is 0 Å². The van der Waals surface area contributed by atoms with Crippen LogP contribution in [0.3, 0.4) is 0 Å². The zero-order chi connectivity index (χ0) is 13.3. The molecule has 0 saturated heterocycles. The van der Waals surface area contributed by atoms with E-state index in [4.69, 9.17) is 17.3 Å². The topological polar surface area (TPSA) is 43.8 Å². The summed E-state index contributed by atoms with van der Waals surface area (Å²) in [5.41, 5.74) is 8.64. The molecular weight excluding hydrogens is 253 g/mol. The Morgan fingerprint density at radius 3 is 2.83 bits per heavy atom. The van der Waals surface area contributed by atoms with E-state index in [1.165, 1.54) is 6.07 Å². The van der Waals surface area contributed by atoms with E-state index in [0.717, 1.165) is 11.4 Å². The molecule has 0 aliphatic carbocycles. The van der Waals surface area contributed by atoms with Gasteiger partial charge in [-0.3, -0.25) is 4.68 Å². The number of rotatable bonds is 3. The van der Waals surface area contributed by atoms with Crippen LogP contribution in [0.1, 0.15) is 23.0 Å². The molecule has 2 N–H and O–H groups in total. The number of nitrogens with two attached hydrogens (primary N) is 1. The first-order valence-electron chi connectivity index (χ1n) is 5.68. The smallest absolute Gasteiger partial charge is 0.142 e. The van der Waals surface area contributed by atoms with Gasteiger partial charge >= 0.3 is 0 Å². The van der Waals surface area contributed by atoms with Crippen molar-refractivity contribution in [2.24, 2.45) is 12.8 Å². The molecule has 0 amide bonds. The Hall–Kier alpha value is -1.39. The lowest BCUT2D eigenvalue weighted by Gasteiger charge is -2.14. The van der Waals surface area contributed by atoms with Crippen LogP contribution in [0.2, 0.25) is 5.02 Å². The van der Waals surface area contributed by atoms with Crippen molar-refractivity contribution in [3.8, 4) is 0 Å². The average molecular weight is 268 g/mol. The van der Waals surface area contributed by atoms with Crippen LogP contribution in [0.5, 0.6) is 0 Å². The molecule has 1 aromatic carbocycles. The highest BCUT2D eigenvalue weighted by molar-refractivity contribution is 6.31. The summed E-state index contributed by atoms with van der Waals surface area (Å²) in [6, 6.07) is 6.31. The molecule has 1 unspecified atom stereocenters. The minimum Gasteiger partial charge on any atom is -0.324 e. The third kappa shape index (κ3) is 2.54. The molecule has 96 valence electrons. The maximum Gasteiger partial charge on any atom is 0.142 e. The van der Waals surface area contributed by atoms with Crippen LogP contribution in [-0.2, 0) is 13.5 Å². The fourth-order valence-corrected chi connectivity index (χ4v) is 2.26. The van der Waals surface area contributed by atoms with Crippen LogP contribution in [0.4, 0.5) is 4.39 Å². The highest BCUT2D eigenvalue weighted by atomic mass is 35.5. The molecule has 3 nitrogen and oxygen atoms in total. The van der Waals surface area contributed by atoms with Crippen molar-refractivity contribution in [1.82, 2.24) is 9.78 Å². The second-order valence-corrected chi connectivity index (χ2v) is 4.73. The van der Waals surface area contributed by atoms with Crippen LogP contribution in [0.15, 0.2) is 24.3 Å². The molecule has 0 spiro atoms. The molecule has 5 heteroatoms. The maximum atomic E-state index is 13.4.